The molecule has 0 aromatic carbocycles. The molecule has 1 heteroatoms. The highest BCUT2D eigenvalue weighted by molar-refractivity contribution is 5.06. The summed E-state index contributed by atoms with van der Waals surface area (Å²) in [6.45, 7) is 0. The van der Waals surface area contributed by atoms with Crippen LogP contribution in [0.3, 0.4) is 0 Å². The minimum Gasteiger partial charge on any atom is -0.261 e. The molecule has 14 heavy (non-hydrogen) atoms. The molecule has 1 aliphatic carbocycles. The lowest BCUT2D eigenvalue weighted by molar-refractivity contribution is 0.393. The maximum Gasteiger partial charge on any atom is 0.0406 e. The molecule has 0 bridgehead atoms. The van der Waals surface area contributed by atoms with Crippen molar-refractivity contribution >= 4 is 0 Å². The van der Waals surface area contributed by atoms with E-state index in [-0.39, 0.29) is 0 Å². The third-order valence-electron chi connectivity index (χ3n) is 3.04. The fraction of sp³-hybridized carbons (Fsp3) is 0.538. The van der Waals surface area contributed by atoms with Gasteiger partial charge >= 0.3 is 0 Å². The van der Waals surface area contributed by atoms with Crippen LogP contribution in [-0.2, 0) is 6.42 Å². The van der Waals surface area contributed by atoms with Crippen molar-refractivity contribution in [1.82, 2.24) is 4.98 Å². The highest BCUT2D eigenvalue weighted by atomic mass is 14.7. The van der Waals surface area contributed by atoms with Gasteiger partial charge < -0.3 is 0 Å². The number of aromatic nitrogens is 1. The van der Waals surface area contributed by atoms with Gasteiger partial charge in [-0.3, -0.25) is 4.98 Å². The van der Waals surface area contributed by atoms with E-state index in [0.717, 1.165) is 12.3 Å². The minimum absolute atomic E-state index is 0.853. The fourth-order valence-corrected chi connectivity index (χ4v) is 2.18. The van der Waals surface area contributed by atoms with Crippen molar-refractivity contribution in [3.63, 3.8) is 0 Å². The van der Waals surface area contributed by atoms with E-state index in [1.54, 1.807) is 0 Å². The van der Waals surface area contributed by atoms with Crippen molar-refractivity contribution in [3.8, 4) is 0 Å². The summed E-state index contributed by atoms with van der Waals surface area (Å²) in [6, 6.07) is 6.15. The van der Waals surface area contributed by atoms with E-state index in [1.807, 2.05) is 12.3 Å². The fourth-order valence-electron chi connectivity index (χ4n) is 2.18. The molecular formula is C13H18N. The van der Waals surface area contributed by atoms with Crippen molar-refractivity contribution in [1.29, 1.82) is 0 Å². The Bertz CT molecular complexity index is 249. The predicted octanol–water partition coefficient (Wildman–Crippen LogP) is 3.41. The van der Waals surface area contributed by atoms with Gasteiger partial charge in [-0.05, 0) is 30.9 Å². The minimum atomic E-state index is 0.853. The summed E-state index contributed by atoms with van der Waals surface area (Å²) in [5.74, 6) is 0.853. The van der Waals surface area contributed by atoms with Gasteiger partial charge in [0, 0.05) is 11.9 Å². The Morgan fingerprint density at radius 3 is 2.79 bits per heavy atom. The topological polar surface area (TPSA) is 12.9 Å². The van der Waals surface area contributed by atoms with Gasteiger partial charge in [-0.2, -0.15) is 0 Å². The SMILES string of the molecule is [CH](Cc1ccccn1)C1CCCCC1. The lowest BCUT2D eigenvalue weighted by Crippen LogP contribution is -2.08. The molecule has 0 aliphatic heterocycles. The summed E-state index contributed by atoms with van der Waals surface area (Å²) in [7, 11) is 0. The molecular weight excluding hydrogens is 170 g/mol. The van der Waals surface area contributed by atoms with Gasteiger partial charge in [-0.1, -0.05) is 38.2 Å². The number of nitrogens with zero attached hydrogens (tertiary/aromatic N) is 1. The first-order chi connectivity index (χ1) is 6.95. The highest BCUT2D eigenvalue weighted by Gasteiger charge is 2.13. The van der Waals surface area contributed by atoms with E-state index in [0.29, 0.717) is 0 Å². The van der Waals surface area contributed by atoms with Crippen molar-refractivity contribution < 1.29 is 0 Å². The quantitative estimate of drug-likeness (QED) is 0.708. The molecule has 1 nitrogen and oxygen atoms in total. The predicted molar refractivity (Wildman–Crippen MR) is 58.8 cm³/mol. The average molecular weight is 188 g/mol. The molecule has 1 aromatic heterocycles. The second kappa shape index (κ2) is 5.14. The van der Waals surface area contributed by atoms with E-state index >= 15 is 0 Å². The van der Waals surface area contributed by atoms with Crippen LogP contribution in [0.4, 0.5) is 0 Å². The maximum absolute atomic E-state index is 4.33. The lowest BCUT2D eigenvalue weighted by Gasteiger charge is -2.20. The molecule has 0 saturated heterocycles. The van der Waals surface area contributed by atoms with Crippen LogP contribution in [0.2, 0.25) is 0 Å². The van der Waals surface area contributed by atoms with Crippen LogP contribution >= 0.6 is 0 Å². The van der Waals surface area contributed by atoms with Crippen molar-refractivity contribution in [2.24, 2.45) is 5.92 Å². The normalized spacial score (nSPS) is 18.3. The van der Waals surface area contributed by atoms with E-state index in [1.165, 1.54) is 37.8 Å². The molecule has 0 atom stereocenters. The van der Waals surface area contributed by atoms with E-state index in [9.17, 15) is 0 Å². The van der Waals surface area contributed by atoms with Gasteiger partial charge in [0.05, 0.1) is 0 Å². The molecule has 1 aromatic rings. The van der Waals surface area contributed by atoms with Gasteiger partial charge in [0.15, 0.2) is 0 Å². The van der Waals surface area contributed by atoms with Crippen LogP contribution in [0.5, 0.6) is 0 Å². The maximum atomic E-state index is 4.33. The number of pyridine rings is 1. The Balaban J connectivity index is 1.76. The smallest absolute Gasteiger partial charge is 0.0406 e. The number of hydrogen-bond acceptors (Lipinski definition) is 1. The second-order valence-corrected chi connectivity index (χ2v) is 4.16. The molecule has 2 rings (SSSR count). The zero-order valence-corrected chi connectivity index (χ0v) is 8.65. The Kier molecular flexibility index (Phi) is 3.56. The summed E-state index contributed by atoms with van der Waals surface area (Å²) in [5.41, 5.74) is 1.21. The van der Waals surface area contributed by atoms with Crippen molar-refractivity contribution in [2.75, 3.05) is 0 Å². The van der Waals surface area contributed by atoms with Crippen molar-refractivity contribution in [2.45, 2.75) is 38.5 Å². The van der Waals surface area contributed by atoms with Crippen LogP contribution in [0.15, 0.2) is 24.4 Å². The van der Waals surface area contributed by atoms with E-state index in [2.05, 4.69) is 23.5 Å². The highest BCUT2D eigenvalue weighted by Crippen LogP contribution is 2.26. The number of hydrogen-bond donors (Lipinski definition) is 0. The molecule has 75 valence electrons. The van der Waals surface area contributed by atoms with Crippen LogP contribution < -0.4 is 0 Å². The van der Waals surface area contributed by atoms with Crippen LogP contribution in [-0.4, -0.2) is 4.98 Å². The molecule has 0 unspecified atom stereocenters. The van der Waals surface area contributed by atoms with Crippen LogP contribution in [0.1, 0.15) is 37.8 Å². The Hall–Kier alpha value is -0.850. The average Bonchev–Trinajstić information content (AvgIpc) is 2.29. The van der Waals surface area contributed by atoms with Crippen LogP contribution in [0, 0.1) is 12.3 Å². The van der Waals surface area contributed by atoms with Gasteiger partial charge in [0.1, 0.15) is 0 Å². The zero-order valence-electron chi connectivity index (χ0n) is 8.65. The number of rotatable bonds is 3. The molecule has 1 saturated carbocycles. The lowest BCUT2D eigenvalue weighted by atomic mass is 9.86. The molecule has 1 aliphatic rings. The standard InChI is InChI=1S/C13H18N/c1-2-6-12(7-3-1)9-10-13-8-4-5-11-14-13/h4-5,8-9,11-12H,1-3,6-7,10H2. The Morgan fingerprint density at radius 2 is 2.07 bits per heavy atom. The molecule has 0 amide bonds. The summed E-state index contributed by atoms with van der Waals surface area (Å²) < 4.78 is 0. The first-order valence-electron chi connectivity index (χ1n) is 5.68. The summed E-state index contributed by atoms with van der Waals surface area (Å²) >= 11 is 0. The van der Waals surface area contributed by atoms with E-state index in [4.69, 9.17) is 0 Å². The van der Waals surface area contributed by atoms with E-state index < -0.39 is 0 Å². The molecule has 1 fully saturated rings. The largest absolute Gasteiger partial charge is 0.261 e. The Morgan fingerprint density at radius 1 is 1.21 bits per heavy atom. The molecule has 0 spiro atoms. The monoisotopic (exact) mass is 188 g/mol. The first kappa shape index (κ1) is 9.70. The van der Waals surface area contributed by atoms with Crippen molar-refractivity contribution in [3.05, 3.63) is 36.5 Å². The summed E-state index contributed by atoms with van der Waals surface area (Å²) in [6.07, 6.45) is 12.5. The van der Waals surface area contributed by atoms with Gasteiger partial charge in [-0.15, -0.1) is 0 Å². The molecule has 1 radical (unpaired) electrons. The third kappa shape index (κ3) is 2.83. The summed E-state index contributed by atoms with van der Waals surface area (Å²) in [5, 5.41) is 0. The third-order valence-corrected chi connectivity index (χ3v) is 3.04. The second-order valence-electron chi connectivity index (χ2n) is 4.16. The summed E-state index contributed by atoms with van der Waals surface area (Å²) in [4.78, 5) is 4.33. The van der Waals surface area contributed by atoms with Crippen LogP contribution in [0.25, 0.3) is 0 Å². The first-order valence-corrected chi connectivity index (χ1v) is 5.68. The molecule has 0 N–H and O–H groups in total. The Labute approximate surface area is 86.6 Å². The van der Waals surface area contributed by atoms with Gasteiger partial charge in [0.25, 0.3) is 0 Å². The molecule has 1 heterocycles. The van der Waals surface area contributed by atoms with Gasteiger partial charge in [0.2, 0.25) is 0 Å². The van der Waals surface area contributed by atoms with Gasteiger partial charge in [-0.25, -0.2) is 0 Å². The zero-order chi connectivity index (χ0) is 9.64.